The number of H-pyrrole nitrogens is 1. The summed E-state index contributed by atoms with van der Waals surface area (Å²) >= 11 is 1.07. The Balaban J connectivity index is 1.68. The minimum Gasteiger partial charge on any atom is -0.353 e. The van der Waals surface area contributed by atoms with Crippen molar-refractivity contribution in [1.82, 2.24) is 30.8 Å². The van der Waals surface area contributed by atoms with Crippen LogP contribution in [0.4, 0.5) is 0 Å². The van der Waals surface area contributed by atoms with Crippen LogP contribution in [0.3, 0.4) is 0 Å². The van der Waals surface area contributed by atoms with Crippen LogP contribution in [0.25, 0.3) is 22.5 Å². The predicted octanol–water partition coefficient (Wildman–Crippen LogP) is 4.86. The third kappa shape index (κ3) is 9.31. The van der Waals surface area contributed by atoms with Gasteiger partial charge >= 0.3 is 0 Å². The Hall–Kier alpha value is -3.53. The molecule has 3 aromatic rings. The van der Waals surface area contributed by atoms with Crippen molar-refractivity contribution in [3.63, 3.8) is 0 Å². The molecule has 0 aliphatic rings. The van der Waals surface area contributed by atoms with Gasteiger partial charge in [-0.15, -0.1) is 10.2 Å². The topological polar surface area (TPSA) is 121 Å². The van der Waals surface area contributed by atoms with Crippen LogP contribution in [0, 0.1) is 5.92 Å². The maximum absolute atomic E-state index is 13.0. The second kappa shape index (κ2) is 15.2. The summed E-state index contributed by atoms with van der Waals surface area (Å²) in [7, 11) is 0. The van der Waals surface area contributed by atoms with E-state index in [0.29, 0.717) is 44.2 Å². The minimum absolute atomic E-state index is 0.0643. The Labute approximate surface area is 234 Å². The number of tetrazole rings is 1. The molecule has 0 saturated carbocycles. The smallest absolute Gasteiger partial charge is 0.233 e. The predicted molar refractivity (Wildman–Crippen MR) is 155 cm³/mol. The van der Waals surface area contributed by atoms with Gasteiger partial charge in [-0.2, -0.15) is 5.21 Å². The van der Waals surface area contributed by atoms with E-state index in [9.17, 15) is 14.4 Å². The average molecular weight is 551 g/mol. The molecular formula is C29H38N6O3S. The van der Waals surface area contributed by atoms with Crippen molar-refractivity contribution in [3.05, 3.63) is 54.1 Å². The monoisotopic (exact) mass is 550 g/mol. The van der Waals surface area contributed by atoms with E-state index in [2.05, 4.69) is 32.9 Å². The van der Waals surface area contributed by atoms with E-state index in [1.807, 2.05) is 62.4 Å². The highest BCUT2D eigenvalue weighted by Gasteiger charge is 2.23. The summed E-state index contributed by atoms with van der Waals surface area (Å²) < 4.78 is 0. The zero-order valence-electron chi connectivity index (χ0n) is 23.1. The van der Waals surface area contributed by atoms with Crippen LogP contribution in [0.5, 0.6) is 0 Å². The number of aromatic amines is 1. The summed E-state index contributed by atoms with van der Waals surface area (Å²) in [6, 6.07) is 16.0. The molecule has 1 unspecified atom stereocenters. The summed E-state index contributed by atoms with van der Waals surface area (Å²) in [5, 5.41) is 16.8. The summed E-state index contributed by atoms with van der Waals surface area (Å²) in [5.41, 5.74) is 3.87. The normalized spacial score (nSPS) is 11.8. The van der Waals surface area contributed by atoms with E-state index >= 15 is 0 Å². The van der Waals surface area contributed by atoms with E-state index in [4.69, 9.17) is 0 Å². The number of hydrogen-bond acceptors (Lipinski definition) is 7. The van der Waals surface area contributed by atoms with Gasteiger partial charge in [0.15, 0.2) is 5.12 Å². The summed E-state index contributed by atoms with van der Waals surface area (Å²) in [6.07, 6.45) is 2.84. The Kier molecular flexibility index (Phi) is 11.7. The molecule has 0 spiro atoms. The van der Waals surface area contributed by atoms with Crippen LogP contribution in [0.1, 0.15) is 58.9 Å². The Morgan fingerprint density at radius 1 is 1.05 bits per heavy atom. The third-order valence-corrected chi connectivity index (χ3v) is 7.24. The van der Waals surface area contributed by atoms with Crippen LogP contribution >= 0.6 is 11.8 Å². The van der Waals surface area contributed by atoms with Gasteiger partial charge in [0.05, 0.1) is 5.25 Å². The molecule has 0 fully saturated rings. The fourth-order valence-corrected chi connectivity index (χ4v) is 5.33. The molecule has 39 heavy (non-hydrogen) atoms. The quantitative estimate of drug-likeness (QED) is 0.294. The molecule has 0 saturated heterocycles. The first-order valence-corrected chi connectivity index (χ1v) is 14.3. The Bertz CT molecular complexity index is 1210. The zero-order valence-corrected chi connectivity index (χ0v) is 24.0. The molecule has 9 nitrogen and oxygen atoms in total. The van der Waals surface area contributed by atoms with Crippen molar-refractivity contribution >= 4 is 28.7 Å². The second-order valence-corrected chi connectivity index (χ2v) is 11.3. The summed E-state index contributed by atoms with van der Waals surface area (Å²) in [6.45, 7) is 8.78. The molecule has 0 radical (unpaired) electrons. The number of benzene rings is 2. The number of thioether (sulfide) groups is 1. The van der Waals surface area contributed by atoms with Gasteiger partial charge in [0.2, 0.25) is 17.6 Å². The van der Waals surface area contributed by atoms with Crippen molar-refractivity contribution in [2.45, 2.75) is 65.2 Å². The van der Waals surface area contributed by atoms with Gasteiger partial charge in [0, 0.05) is 38.5 Å². The lowest BCUT2D eigenvalue weighted by Crippen LogP contribution is -2.41. The standard InChI is InChI=1S/C29H38N6O3S/c1-5-6-11-27(37)35(17-16-30-29(38)26(18-20(2)3)39-21(4)36)19-22-12-14-23(15-13-22)24-9-7-8-10-25(24)28-31-33-34-32-28/h7-10,12-15,20,26H,5-6,11,16-19H2,1-4H3,(H,30,38)(H,31,32,33,34). The SMILES string of the molecule is CCCCC(=O)N(CCNC(=O)C(CC(C)C)SC(C)=O)Cc1ccc(-c2ccccc2-c2nn[nH]n2)cc1. The molecule has 1 atom stereocenters. The van der Waals surface area contributed by atoms with E-state index in [-0.39, 0.29) is 16.9 Å². The number of nitrogens with one attached hydrogen (secondary N) is 2. The van der Waals surface area contributed by atoms with Crippen molar-refractivity contribution in [3.8, 4) is 22.5 Å². The number of aromatic nitrogens is 4. The molecule has 208 valence electrons. The highest BCUT2D eigenvalue weighted by Crippen LogP contribution is 2.30. The maximum atomic E-state index is 13.0. The number of carbonyl (C=O) groups excluding carboxylic acids is 3. The summed E-state index contributed by atoms with van der Waals surface area (Å²) in [5.74, 6) is 0.729. The Morgan fingerprint density at radius 2 is 1.77 bits per heavy atom. The van der Waals surface area contributed by atoms with Gasteiger partial charge in [-0.1, -0.05) is 87.5 Å². The number of carbonyl (C=O) groups is 3. The van der Waals surface area contributed by atoms with E-state index in [0.717, 1.165) is 46.9 Å². The molecular weight excluding hydrogens is 512 g/mol. The van der Waals surface area contributed by atoms with Crippen molar-refractivity contribution < 1.29 is 14.4 Å². The van der Waals surface area contributed by atoms with Crippen molar-refractivity contribution in [1.29, 1.82) is 0 Å². The van der Waals surface area contributed by atoms with Crippen molar-refractivity contribution in [2.75, 3.05) is 13.1 Å². The van der Waals surface area contributed by atoms with Crippen LogP contribution in [-0.4, -0.2) is 60.8 Å². The molecule has 2 amide bonds. The lowest BCUT2D eigenvalue weighted by molar-refractivity contribution is -0.132. The largest absolute Gasteiger partial charge is 0.353 e. The highest BCUT2D eigenvalue weighted by molar-refractivity contribution is 8.14. The fraction of sp³-hybridized carbons (Fsp3) is 0.448. The molecule has 2 aromatic carbocycles. The lowest BCUT2D eigenvalue weighted by Gasteiger charge is -2.24. The third-order valence-electron chi connectivity index (χ3n) is 6.22. The molecule has 1 aromatic heterocycles. The molecule has 2 N–H and O–H groups in total. The first-order valence-electron chi connectivity index (χ1n) is 13.4. The average Bonchev–Trinajstić information content (AvgIpc) is 3.45. The van der Waals surface area contributed by atoms with Crippen LogP contribution in [0.15, 0.2) is 48.5 Å². The number of nitrogens with zero attached hydrogens (tertiary/aromatic N) is 4. The van der Waals surface area contributed by atoms with Gasteiger partial charge in [0.1, 0.15) is 0 Å². The van der Waals surface area contributed by atoms with Crippen LogP contribution in [0.2, 0.25) is 0 Å². The number of unbranched alkanes of at least 4 members (excludes halogenated alkanes) is 1. The first-order chi connectivity index (χ1) is 18.8. The number of hydrogen-bond donors (Lipinski definition) is 2. The summed E-state index contributed by atoms with van der Waals surface area (Å²) in [4.78, 5) is 39.2. The van der Waals surface area contributed by atoms with Gasteiger partial charge < -0.3 is 10.2 Å². The molecule has 3 rings (SSSR count). The van der Waals surface area contributed by atoms with Crippen molar-refractivity contribution in [2.24, 2.45) is 5.92 Å². The van der Waals surface area contributed by atoms with Gasteiger partial charge in [0.25, 0.3) is 0 Å². The zero-order chi connectivity index (χ0) is 28.2. The van der Waals surface area contributed by atoms with Crippen LogP contribution < -0.4 is 5.32 Å². The van der Waals surface area contributed by atoms with E-state index < -0.39 is 5.25 Å². The highest BCUT2D eigenvalue weighted by atomic mass is 32.2. The second-order valence-electron chi connectivity index (χ2n) is 9.92. The fourth-order valence-electron chi connectivity index (χ4n) is 4.26. The molecule has 0 aliphatic carbocycles. The molecule has 10 heteroatoms. The van der Waals surface area contributed by atoms with Gasteiger partial charge in [-0.25, -0.2) is 0 Å². The van der Waals surface area contributed by atoms with Crippen LogP contribution in [-0.2, 0) is 20.9 Å². The molecule has 0 bridgehead atoms. The van der Waals surface area contributed by atoms with Gasteiger partial charge in [-0.3, -0.25) is 14.4 Å². The lowest BCUT2D eigenvalue weighted by atomic mass is 9.98. The first kappa shape index (κ1) is 30.0. The Morgan fingerprint density at radius 3 is 2.38 bits per heavy atom. The number of rotatable bonds is 14. The minimum atomic E-state index is -0.422. The molecule has 0 aliphatic heterocycles. The van der Waals surface area contributed by atoms with E-state index in [1.54, 1.807) is 4.90 Å². The van der Waals surface area contributed by atoms with Gasteiger partial charge in [-0.05, 0) is 40.7 Å². The molecule has 1 heterocycles. The maximum Gasteiger partial charge on any atom is 0.233 e. The number of amides is 2. The van der Waals surface area contributed by atoms with E-state index in [1.165, 1.54) is 6.92 Å².